The van der Waals surface area contributed by atoms with Crippen molar-refractivity contribution in [1.29, 1.82) is 0 Å². The Balaban J connectivity index is 1.47. The van der Waals surface area contributed by atoms with Crippen LogP contribution in [0, 0.1) is 6.92 Å². The molecule has 4 aromatic rings. The predicted octanol–water partition coefficient (Wildman–Crippen LogP) is 6.11. The van der Waals surface area contributed by atoms with Gasteiger partial charge in [-0.1, -0.05) is 35.1 Å². The monoisotopic (exact) mass is 463 g/mol. The van der Waals surface area contributed by atoms with Gasteiger partial charge >= 0.3 is 0 Å². The Morgan fingerprint density at radius 3 is 2.75 bits per heavy atom. The third-order valence-electron chi connectivity index (χ3n) is 5.00. The van der Waals surface area contributed by atoms with Gasteiger partial charge < -0.3 is 4.74 Å². The number of hydrogen-bond acceptors (Lipinski definition) is 6. The smallest absolute Gasteiger partial charge is 0.229 e. The van der Waals surface area contributed by atoms with Crippen molar-refractivity contribution in [3.05, 3.63) is 78.1 Å². The summed E-state index contributed by atoms with van der Waals surface area (Å²) in [5.74, 6) is 1.73. The highest BCUT2D eigenvalue weighted by atomic mass is 32.2. The number of aryl methyl sites for hydroxylation is 1. The molecule has 32 heavy (non-hydrogen) atoms. The molecule has 0 radical (unpaired) electrons. The largest absolute Gasteiger partial charge is 0.497 e. The van der Waals surface area contributed by atoms with Crippen LogP contribution in [0.1, 0.15) is 24.0 Å². The summed E-state index contributed by atoms with van der Waals surface area (Å²) in [5, 5.41) is 0.702. The second-order valence-electron chi connectivity index (χ2n) is 7.44. The van der Waals surface area contributed by atoms with E-state index in [0.717, 1.165) is 33.7 Å². The first-order valence-corrected chi connectivity index (χ1v) is 12.3. The number of rotatable bonds is 9. The highest BCUT2D eigenvalue weighted by Gasteiger charge is 2.20. The van der Waals surface area contributed by atoms with Crippen LogP contribution in [0.4, 0.5) is 5.13 Å². The molecule has 2 heterocycles. The van der Waals surface area contributed by atoms with Crippen LogP contribution in [-0.2, 0) is 11.3 Å². The van der Waals surface area contributed by atoms with Crippen molar-refractivity contribution in [1.82, 2.24) is 9.97 Å². The van der Waals surface area contributed by atoms with Crippen molar-refractivity contribution >= 4 is 44.4 Å². The summed E-state index contributed by atoms with van der Waals surface area (Å²) in [6.45, 7) is 2.54. The van der Waals surface area contributed by atoms with Crippen molar-refractivity contribution < 1.29 is 9.53 Å². The fourth-order valence-electron chi connectivity index (χ4n) is 3.26. The van der Waals surface area contributed by atoms with Crippen molar-refractivity contribution in [2.45, 2.75) is 31.2 Å². The topological polar surface area (TPSA) is 55.3 Å². The first-order valence-electron chi connectivity index (χ1n) is 10.5. The van der Waals surface area contributed by atoms with E-state index in [9.17, 15) is 4.79 Å². The number of hydrogen-bond donors (Lipinski definition) is 0. The molecule has 4 rings (SSSR count). The Morgan fingerprint density at radius 1 is 1.16 bits per heavy atom. The fourth-order valence-corrected chi connectivity index (χ4v) is 5.07. The number of thioether (sulfide) groups is 1. The van der Waals surface area contributed by atoms with Gasteiger partial charge in [-0.05, 0) is 55.0 Å². The van der Waals surface area contributed by atoms with Gasteiger partial charge in [0.15, 0.2) is 5.13 Å². The molecule has 0 saturated carbocycles. The summed E-state index contributed by atoms with van der Waals surface area (Å²) in [6.07, 6.45) is 4.81. The molecule has 0 aliphatic carbocycles. The normalized spacial score (nSPS) is 10.9. The number of ether oxygens (including phenoxy) is 1. The molecule has 164 valence electrons. The lowest BCUT2D eigenvalue weighted by Crippen LogP contribution is -2.30. The second kappa shape index (κ2) is 10.6. The van der Waals surface area contributed by atoms with E-state index < -0.39 is 0 Å². The van der Waals surface area contributed by atoms with Crippen LogP contribution in [0.25, 0.3) is 10.2 Å². The summed E-state index contributed by atoms with van der Waals surface area (Å²) in [6, 6.07) is 18.2. The average molecular weight is 464 g/mol. The average Bonchev–Trinajstić information content (AvgIpc) is 3.25. The molecular weight excluding hydrogens is 438 g/mol. The zero-order valence-corrected chi connectivity index (χ0v) is 19.8. The number of fused-ring (bicyclic) bond motifs is 1. The minimum atomic E-state index is 0.0735. The molecule has 0 unspecified atom stereocenters. The Hall–Kier alpha value is -2.90. The number of anilines is 1. The van der Waals surface area contributed by atoms with Gasteiger partial charge in [-0.3, -0.25) is 14.7 Å². The van der Waals surface area contributed by atoms with Gasteiger partial charge in [-0.25, -0.2) is 4.98 Å². The highest BCUT2D eigenvalue weighted by Crippen LogP contribution is 2.32. The van der Waals surface area contributed by atoms with Gasteiger partial charge in [-0.2, -0.15) is 0 Å². The van der Waals surface area contributed by atoms with Crippen LogP contribution >= 0.6 is 23.1 Å². The molecule has 0 saturated heterocycles. The number of pyridine rings is 1. The van der Waals surface area contributed by atoms with E-state index >= 15 is 0 Å². The minimum Gasteiger partial charge on any atom is -0.497 e. The number of carbonyl (C=O) groups excluding carboxylic acids is 1. The van der Waals surface area contributed by atoms with E-state index in [1.54, 1.807) is 36.2 Å². The zero-order valence-electron chi connectivity index (χ0n) is 18.2. The number of thiazole rings is 1. The lowest BCUT2D eigenvalue weighted by molar-refractivity contribution is -0.118. The van der Waals surface area contributed by atoms with Crippen LogP contribution in [0.15, 0.2) is 71.9 Å². The van der Waals surface area contributed by atoms with E-state index in [0.29, 0.717) is 18.1 Å². The van der Waals surface area contributed by atoms with Crippen molar-refractivity contribution in [3.8, 4) is 5.75 Å². The van der Waals surface area contributed by atoms with Crippen LogP contribution in [-0.4, -0.2) is 28.7 Å². The Labute approximate surface area is 196 Å². The SMILES string of the molecule is COc1ccc2sc(N(Cc3cccnc3)C(=O)CCCSc3ccc(C)cc3)nc2c1. The molecule has 2 aromatic carbocycles. The van der Waals surface area contributed by atoms with Gasteiger partial charge in [0, 0.05) is 29.8 Å². The van der Waals surface area contributed by atoms with E-state index in [1.165, 1.54) is 21.8 Å². The number of methoxy groups -OCH3 is 1. The number of aromatic nitrogens is 2. The van der Waals surface area contributed by atoms with Crippen LogP contribution in [0.3, 0.4) is 0 Å². The van der Waals surface area contributed by atoms with Crippen LogP contribution in [0.2, 0.25) is 0 Å². The van der Waals surface area contributed by atoms with E-state index in [2.05, 4.69) is 36.2 Å². The quantitative estimate of drug-likeness (QED) is 0.221. The number of carbonyl (C=O) groups is 1. The van der Waals surface area contributed by atoms with Crippen molar-refractivity contribution in [3.63, 3.8) is 0 Å². The maximum atomic E-state index is 13.2. The van der Waals surface area contributed by atoms with Gasteiger partial charge in [0.2, 0.25) is 5.91 Å². The predicted molar refractivity (Wildman–Crippen MR) is 133 cm³/mol. The molecule has 0 spiro atoms. The first kappa shape index (κ1) is 22.3. The highest BCUT2D eigenvalue weighted by molar-refractivity contribution is 7.99. The molecule has 0 atom stereocenters. The fraction of sp³-hybridized carbons (Fsp3) is 0.240. The molecular formula is C25H25N3O2S2. The molecule has 0 aliphatic heterocycles. The summed E-state index contributed by atoms with van der Waals surface area (Å²) in [4.78, 5) is 25.2. The molecule has 2 aromatic heterocycles. The minimum absolute atomic E-state index is 0.0735. The van der Waals surface area contributed by atoms with Gasteiger partial charge in [0.1, 0.15) is 5.75 Å². The second-order valence-corrected chi connectivity index (χ2v) is 9.61. The van der Waals surface area contributed by atoms with Crippen LogP contribution < -0.4 is 9.64 Å². The molecule has 5 nitrogen and oxygen atoms in total. The van der Waals surface area contributed by atoms with E-state index in [4.69, 9.17) is 9.72 Å². The molecule has 0 N–H and O–H groups in total. The van der Waals surface area contributed by atoms with Crippen molar-refractivity contribution in [2.75, 3.05) is 17.8 Å². The zero-order chi connectivity index (χ0) is 22.3. The summed E-state index contributed by atoms with van der Waals surface area (Å²) >= 11 is 3.31. The number of benzene rings is 2. The lowest BCUT2D eigenvalue weighted by Gasteiger charge is -2.20. The third kappa shape index (κ3) is 5.66. The molecule has 1 amide bonds. The van der Waals surface area contributed by atoms with Crippen LogP contribution in [0.5, 0.6) is 5.75 Å². The summed E-state index contributed by atoms with van der Waals surface area (Å²) in [5.41, 5.74) is 3.07. The number of nitrogens with zero attached hydrogens (tertiary/aromatic N) is 3. The Morgan fingerprint density at radius 2 is 2.00 bits per heavy atom. The lowest BCUT2D eigenvalue weighted by atomic mass is 10.2. The van der Waals surface area contributed by atoms with Gasteiger partial charge in [0.25, 0.3) is 0 Å². The maximum Gasteiger partial charge on any atom is 0.229 e. The molecule has 0 aliphatic rings. The molecule has 0 bridgehead atoms. The maximum absolute atomic E-state index is 13.2. The Bertz CT molecular complexity index is 1180. The van der Waals surface area contributed by atoms with Gasteiger partial charge in [-0.15, -0.1) is 11.8 Å². The summed E-state index contributed by atoms with van der Waals surface area (Å²) < 4.78 is 6.34. The van der Waals surface area contributed by atoms with E-state index in [1.807, 2.05) is 30.3 Å². The van der Waals surface area contributed by atoms with Crippen molar-refractivity contribution in [2.24, 2.45) is 0 Å². The van der Waals surface area contributed by atoms with E-state index in [-0.39, 0.29) is 5.91 Å². The standard InChI is InChI=1S/C25H25N3O2S2/c1-18-7-10-21(11-8-18)31-14-4-6-24(29)28(17-19-5-3-13-26-16-19)25-27-22-15-20(30-2)9-12-23(22)32-25/h3,5,7-13,15-16H,4,6,14,17H2,1-2H3. The molecule has 7 heteroatoms. The van der Waals surface area contributed by atoms with Gasteiger partial charge in [0.05, 0.1) is 23.9 Å². The third-order valence-corrected chi connectivity index (χ3v) is 7.16. The Kier molecular flexibility index (Phi) is 7.39. The number of amides is 1. The summed E-state index contributed by atoms with van der Waals surface area (Å²) in [7, 11) is 1.64. The molecule has 0 fully saturated rings. The first-order chi connectivity index (χ1) is 15.6.